The van der Waals surface area contributed by atoms with E-state index in [2.05, 4.69) is 28.4 Å². The number of hydrogen-bond donors (Lipinski definition) is 2. The number of nitrogens with one attached hydrogen (secondary N) is 1. The fourth-order valence-electron chi connectivity index (χ4n) is 5.49. The number of halogens is 1. The number of pyridine rings is 1. The summed E-state index contributed by atoms with van der Waals surface area (Å²) in [5, 5.41) is 12.3. The number of benzene rings is 1. The number of aliphatic hydroxyl groups excluding tert-OH is 1. The first-order chi connectivity index (χ1) is 23.5. The van der Waals surface area contributed by atoms with Crippen LogP contribution in [0.15, 0.2) is 55.5 Å². The van der Waals surface area contributed by atoms with Crippen molar-refractivity contribution in [2.24, 2.45) is 0 Å². The zero-order valence-electron chi connectivity index (χ0n) is 31.1. The van der Waals surface area contributed by atoms with E-state index in [9.17, 15) is 14.0 Å². The molecule has 0 atom stereocenters. The van der Waals surface area contributed by atoms with Crippen LogP contribution in [-0.2, 0) is 25.3 Å². The highest BCUT2D eigenvalue weighted by molar-refractivity contribution is 6.63. The minimum Gasteiger partial charge on any atom is -0.443 e. The zero-order chi connectivity index (χ0) is 37.4. The number of ether oxygens (including phenoxy) is 2. The number of rotatable bonds is 8. The summed E-state index contributed by atoms with van der Waals surface area (Å²) < 4.78 is 35.0. The summed E-state index contributed by atoms with van der Waals surface area (Å²) in [6.45, 7) is 25.3. The van der Waals surface area contributed by atoms with E-state index in [-0.39, 0.29) is 19.3 Å². The van der Waals surface area contributed by atoms with Gasteiger partial charge in [0.25, 0.3) is 5.91 Å². The maximum atomic E-state index is 13.8. The SMILES string of the molecule is C=CC(=C)F.CC.CC(C)(C)OC(=O)N1Cc2c(B3OC(C)(C)C(C)(C)O3)ccc(Nc3ccc(N4CCC(OCCO)CC4)cn3)c2C1=O. The highest BCUT2D eigenvalue weighted by Gasteiger charge is 2.53. The van der Waals surface area contributed by atoms with Crippen LogP contribution in [-0.4, -0.2) is 83.3 Å². The Morgan fingerprint density at radius 3 is 2.24 bits per heavy atom. The van der Waals surface area contributed by atoms with Gasteiger partial charge in [0.1, 0.15) is 17.2 Å². The molecule has 5 rings (SSSR count). The van der Waals surface area contributed by atoms with Crippen molar-refractivity contribution >= 4 is 41.8 Å². The minimum atomic E-state index is -0.755. The Bertz CT molecular complexity index is 1490. The van der Waals surface area contributed by atoms with Crippen molar-refractivity contribution in [3.8, 4) is 0 Å². The molecule has 274 valence electrons. The highest BCUT2D eigenvalue weighted by atomic mass is 19.1. The molecule has 0 unspecified atom stereocenters. The van der Waals surface area contributed by atoms with Crippen molar-refractivity contribution in [2.75, 3.05) is 36.5 Å². The summed E-state index contributed by atoms with van der Waals surface area (Å²) in [4.78, 5) is 34.8. The third-order valence-corrected chi connectivity index (χ3v) is 8.73. The second-order valence-corrected chi connectivity index (χ2v) is 14.0. The summed E-state index contributed by atoms with van der Waals surface area (Å²) in [6, 6.07) is 7.57. The predicted molar refractivity (Wildman–Crippen MR) is 196 cm³/mol. The first kappa shape index (κ1) is 40.7. The Kier molecular flexibility index (Phi) is 13.8. The number of carbonyl (C=O) groups is 2. The molecule has 4 heterocycles. The standard InChI is InChI=1S/C31H43BN4O7.C4H5F.C2H6/c1-29(2,3)41-28(39)36-19-22-23(32-42-30(4,5)31(6,7)43-32)9-10-24(26(22)27(36)38)34-25-11-8-20(18-33-25)35-14-12-21(13-15-35)40-17-16-37;1-3-4(2)5;1-2/h8-11,18,21,37H,12-17,19H2,1-7H3,(H,33,34);3H,1-2H2;1-2H3. The quantitative estimate of drug-likeness (QED) is 0.229. The molecule has 2 aromatic rings. The average Bonchev–Trinajstić information content (AvgIpc) is 3.52. The second-order valence-electron chi connectivity index (χ2n) is 14.0. The predicted octanol–water partition coefficient (Wildman–Crippen LogP) is 6.67. The number of aromatic nitrogens is 1. The van der Waals surface area contributed by atoms with Crippen molar-refractivity contribution in [2.45, 2.75) is 105 Å². The molecular formula is C37H54BFN4O7. The van der Waals surface area contributed by atoms with Crippen LogP contribution in [0.4, 0.5) is 26.4 Å². The van der Waals surface area contributed by atoms with Gasteiger partial charge in [-0.15, -0.1) is 0 Å². The van der Waals surface area contributed by atoms with Gasteiger partial charge in [-0.25, -0.2) is 19.1 Å². The van der Waals surface area contributed by atoms with Gasteiger partial charge in [0.05, 0.1) is 60.2 Å². The van der Waals surface area contributed by atoms with Crippen LogP contribution in [0, 0.1) is 0 Å². The highest BCUT2D eigenvalue weighted by Crippen LogP contribution is 2.39. The molecule has 11 nitrogen and oxygen atoms in total. The lowest BCUT2D eigenvalue weighted by molar-refractivity contribution is 0.00578. The first-order valence-corrected chi connectivity index (χ1v) is 17.2. The molecule has 0 saturated carbocycles. The van der Waals surface area contributed by atoms with Gasteiger partial charge in [0.15, 0.2) is 0 Å². The van der Waals surface area contributed by atoms with Crippen molar-refractivity contribution in [3.63, 3.8) is 0 Å². The van der Waals surface area contributed by atoms with Crippen LogP contribution >= 0.6 is 0 Å². The van der Waals surface area contributed by atoms with E-state index in [0.717, 1.165) is 42.6 Å². The summed E-state index contributed by atoms with van der Waals surface area (Å²) in [7, 11) is -0.699. The van der Waals surface area contributed by atoms with Gasteiger partial charge in [-0.2, -0.15) is 0 Å². The molecule has 0 radical (unpaired) electrons. The van der Waals surface area contributed by atoms with Crippen LogP contribution in [0.1, 0.15) is 91.1 Å². The number of nitrogens with zero attached hydrogens (tertiary/aromatic N) is 3. The Morgan fingerprint density at radius 1 is 1.14 bits per heavy atom. The lowest BCUT2D eigenvalue weighted by Crippen LogP contribution is -2.41. The maximum Gasteiger partial charge on any atom is 0.495 e. The Hall–Kier alpha value is -3.78. The Balaban J connectivity index is 0.000000887. The van der Waals surface area contributed by atoms with Crippen molar-refractivity contribution in [3.05, 3.63) is 66.6 Å². The van der Waals surface area contributed by atoms with Crippen molar-refractivity contribution in [1.29, 1.82) is 0 Å². The van der Waals surface area contributed by atoms with Gasteiger partial charge >= 0.3 is 13.2 Å². The lowest BCUT2D eigenvalue weighted by atomic mass is 9.74. The van der Waals surface area contributed by atoms with Crippen LogP contribution < -0.4 is 15.7 Å². The number of fused-ring (bicyclic) bond motifs is 1. The van der Waals surface area contributed by atoms with E-state index in [4.69, 9.17) is 23.9 Å². The average molecular weight is 697 g/mol. The van der Waals surface area contributed by atoms with Crippen LogP contribution in [0.25, 0.3) is 0 Å². The number of hydrogen-bond acceptors (Lipinski definition) is 10. The van der Waals surface area contributed by atoms with Gasteiger partial charge in [-0.3, -0.25) is 4.79 Å². The normalized spacial score (nSPS) is 18.0. The minimum absolute atomic E-state index is 0.0354. The number of carbonyl (C=O) groups excluding carboxylic acids is 2. The summed E-state index contributed by atoms with van der Waals surface area (Å²) in [5.74, 6) is -0.364. The van der Waals surface area contributed by atoms with E-state index >= 15 is 0 Å². The molecule has 50 heavy (non-hydrogen) atoms. The fourth-order valence-corrected chi connectivity index (χ4v) is 5.49. The van der Waals surface area contributed by atoms with Crippen LogP contribution in [0.5, 0.6) is 0 Å². The van der Waals surface area contributed by atoms with E-state index in [1.165, 1.54) is 0 Å². The van der Waals surface area contributed by atoms with E-state index in [1.807, 2.05) is 72.0 Å². The third kappa shape index (κ3) is 9.93. The zero-order valence-corrected chi connectivity index (χ0v) is 31.1. The van der Waals surface area contributed by atoms with Crippen molar-refractivity contribution < 1.29 is 37.9 Å². The van der Waals surface area contributed by atoms with Gasteiger partial charge in [-0.1, -0.05) is 33.1 Å². The summed E-state index contributed by atoms with van der Waals surface area (Å²) in [5.41, 5.74) is 1.37. The van der Waals surface area contributed by atoms with Gasteiger partial charge in [-0.05, 0) is 96.6 Å². The Labute approximate surface area is 297 Å². The largest absolute Gasteiger partial charge is 0.495 e. The maximum absolute atomic E-state index is 13.8. The first-order valence-electron chi connectivity index (χ1n) is 17.2. The molecule has 0 bridgehead atoms. The molecule has 1 aromatic carbocycles. The molecular weight excluding hydrogens is 642 g/mol. The number of anilines is 3. The molecule has 2 fully saturated rings. The van der Waals surface area contributed by atoms with Crippen molar-refractivity contribution in [1.82, 2.24) is 9.88 Å². The smallest absolute Gasteiger partial charge is 0.443 e. The summed E-state index contributed by atoms with van der Waals surface area (Å²) >= 11 is 0. The van der Waals surface area contributed by atoms with Crippen LogP contribution in [0.3, 0.4) is 0 Å². The number of amides is 2. The number of allylic oxidation sites excluding steroid dienone is 2. The lowest BCUT2D eigenvalue weighted by Gasteiger charge is -2.33. The molecule has 3 aliphatic heterocycles. The Morgan fingerprint density at radius 2 is 1.74 bits per heavy atom. The van der Waals surface area contributed by atoms with E-state index in [1.54, 1.807) is 20.8 Å². The molecule has 2 saturated heterocycles. The van der Waals surface area contributed by atoms with E-state index in [0.29, 0.717) is 34.7 Å². The number of piperidine rings is 1. The fraction of sp³-hybridized carbons (Fsp3) is 0.541. The number of aliphatic hydroxyl groups is 1. The molecule has 2 N–H and O–H groups in total. The third-order valence-electron chi connectivity index (χ3n) is 8.73. The van der Waals surface area contributed by atoms with Gasteiger partial charge in [0.2, 0.25) is 0 Å². The van der Waals surface area contributed by atoms with Gasteiger partial charge < -0.3 is 34.1 Å². The van der Waals surface area contributed by atoms with Crippen LogP contribution in [0.2, 0.25) is 0 Å². The monoisotopic (exact) mass is 696 g/mol. The molecule has 0 spiro atoms. The summed E-state index contributed by atoms with van der Waals surface area (Å²) in [6.07, 6.45) is 4.10. The molecule has 2 amide bonds. The molecule has 1 aromatic heterocycles. The van der Waals surface area contributed by atoms with E-state index < -0.39 is 41.7 Å². The van der Waals surface area contributed by atoms with Gasteiger partial charge in [0, 0.05) is 13.1 Å². The molecule has 13 heteroatoms. The molecule has 3 aliphatic rings. The topological polar surface area (TPSA) is 123 Å². The second kappa shape index (κ2) is 17.0. The molecule has 0 aliphatic carbocycles. The number of imide groups is 1.